The van der Waals surface area contributed by atoms with Crippen LogP contribution in [0.25, 0.3) is 0 Å². The van der Waals surface area contributed by atoms with Crippen molar-refractivity contribution < 1.29 is 28.5 Å². The highest BCUT2D eigenvalue weighted by Gasteiger charge is 2.32. The van der Waals surface area contributed by atoms with Crippen LogP contribution < -0.4 is 18.9 Å². The first kappa shape index (κ1) is 26.6. The maximum Gasteiger partial charge on any atom is 0.314 e. The third-order valence-electron chi connectivity index (χ3n) is 6.33. The fraction of sp³-hybridized carbons (Fsp3) is 0.517. The number of unbranched alkanes of at least 4 members (excludes halogenated alkanes) is 2. The van der Waals surface area contributed by atoms with Crippen LogP contribution in [-0.4, -0.2) is 25.2 Å². The third kappa shape index (κ3) is 8.30. The van der Waals surface area contributed by atoms with Crippen molar-refractivity contribution in [3.63, 3.8) is 0 Å². The molecule has 3 rings (SSSR count). The van der Waals surface area contributed by atoms with Gasteiger partial charge in [-0.15, -0.1) is 0 Å². The molecule has 190 valence electrons. The van der Waals surface area contributed by atoms with E-state index in [0.29, 0.717) is 50.4 Å². The molecule has 0 N–H and O–H groups in total. The summed E-state index contributed by atoms with van der Waals surface area (Å²) in [5.41, 5.74) is 0.867. The van der Waals surface area contributed by atoms with Gasteiger partial charge in [-0.25, -0.2) is 0 Å². The molecule has 0 amide bonds. The zero-order chi connectivity index (χ0) is 25.0. The van der Waals surface area contributed by atoms with Gasteiger partial charge in [-0.05, 0) is 93.5 Å². The standard InChI is InChI=1S/C29H38O6/c1-4-6-18-32-24-12-14-25(15-13-24)34-28(30)22-8-10-23(11-9-22)29(31)35-27-17-16-26(20-21(27)3)33-19-7-5-2/h12-17,20,22-23H,4-11,18-19H2,1-3H3. The molecule has 1 aliphatic rings. The molecular formula is C29H38O6. The lowest BCUT2D eigenvalue weighted by Gasteiger charge is -2.26. The SMILES string of the molecule is CCCCOc1ccc(OC(=O)C2CCC(C(=O)Oc3ccc(OCCCC)cc3C)CC2)cc1. The van der Waals surface area contributed by atoms with E-state index in [1.807, 2.05) is 31.2 Å². The Morgan fingerprint density at radius 1 is 0.714 bits per heavy atom. The largest absolute Gasteiger partial charge is 0.494 e. The normalized spacial score (nSPS) is 17.5. The number of benzene rings is 2. The summed E-state index contributed by atoms with van der Waals surface area (Å²) in [5, 5.41) is 0. The van der Waals surface area contributed by atoms with Crippen LogP contribution in [0.3, 0.4) is 0 Å². The number of hydrogen-bond acceptors (Lipinski definition) is 6. The maximum absolute atomic E-state index is 12.7. The fourth-order valence-electron chi connectivity index (χ4n) is 4.05. The molecule has 6 heteroatoms. The molecule has 1 aliphatic carbocycles. The summed E-state index contributed by atoms with van der Waals surface area (Å²) in [4.78, 5) is 25.3. The zero-order valence-corrected chi connectivity index (χ0v) is 21.2. The number of aryl methyl sites for hydroxylation is 1. The Hall–Kier alpha value is -3.02. The van der Waals surface area contributed by atoms with Crippen LogP contribution in [0.15, 0.2) is 42.5 Å². The van der Waals surface area contributed by atoms with Crippen molar-refractivity contribution in [3.05, 3.63) is 48.0 Å². The molecule has 1 fully saturated rings. The van der Waals surface area contributed by atoms with Gasteiger partial charge in [-0.3, -0.25) is 9.59 Å². The van der Waals surface area contributed by atoms with Crippen LogP contribution in [0.5, 0.6) is 23.0 Å². The van der Waals surface area contributed by atoms with E-state index in [0.717, 1.165) is 42.7 Å². The van der Waals surface area contributed by atoms with Crippen molar-refractivity contribution in [2.24, 2.45) is 11.8 Å². The molecule has 0 aromatic heterocycles. The van der Waals surface area contributed by atoms with Gasteiger partial charge in [-0.2, -0.15) is 0 Å². The smallest absolute Gasteiger partial charge is 0.314 e. The monoisotopic (exact) mass is 482 g/mol. The van der Waals surface area contributed by atoms with Crippen molar-refractivity contribution in [1.29, 1.82) is 0 Å². The van der Waals surface area contributed by atoms with Crippen molar-refractivity contribution in [3.8, 4) is 23.0 Å². The van der Waals surface area contributed by atoms with E-state index in [1.165, 1.54) is 0 Å². The van der Waals surface area contributed by atoms with Gasteiger partial charge in [0, 0.05) is 0 Å². The van der Waals surface area contributed by atoms with E-state index in [1.54, 1.807) is 18.2 Å². The van der Waals surface area contributed by atoms with Crippen LogP contribution in [-0.2, 0) is 9.59 Å². The first-order chi connectivity index (χ1) is 17.0. The lowest BCUT2D eigenvalue weighted by Crippen LogP contribution is -2.30. The van der Waals surface area contributed by atoms with Gasteiger partial charge in [0.25, 0.3) is 0 Å². The lowest BCUT2D eigenvalue weighted by molar-refractivity contribution is -0.145. The molecule has 0 spiro atoms. The van der Waals surface area contributed by atoms with Gasteiger partial charge in [0.05, 0.1) is 25.0 Å². The summed E-state index contributed by atoms with van der Waals surface area (Å²) in [5.74, 6) is 1.72. The first-order valence-electron chi connectivity index (χ1n) is 12.9. The summed E-state index contributed by atoms with van der Waals surface area (Å²) in [6.45, 7) is 7.51. The Morgan fingerprint density at radius 3 is 1.74 bits per heavy atom. The van der Waals surface area contributed by atoms with Crippen LogP contribution in [0.1, 0.15) is 70.8 Å². The Balaban J connectivity index is 1.43. The quantitative estimate of drug-likeness (QED) is 0.191. The number of carbonyl (C=O) groups is 2. The number of rotatable bonds is 12. The van der Waals surface area contributed by atoms with Gasteiger partial charge >= 0.3 is 11.9 Å². The molecule has 35 heavy (non-hydrogen) atoms. The van der Waals surface area contributed by atoms with E-state index in [2.05, 4.69) is 13.8 Å². The predicted octanol–water partition coefficient (Wildman–Crippen LogP) is 6.67. The van der Waals surface area contributed by atoms with Gasteiger partial charge in [0.2, 0.25) is 0 Å². The van der Waals surface area contributed by atoms with Crippen LogP contribution in [0.2, 0.25) is 0 Å². The molecule has 0 saturated heterocycles. The van der Waals surface area contributed by atoms with Crippen molar-refractivity contribution in [1.82, 2.24) is 0 Å². The average molecular weight is 483 g/mol. The van der Waals surface area contributed by atoms with Crippen LogP contribution in [0.4, 0.5) is 0 Å². The average Bonchev–Trinajstić information content (AvgIpc) is 2.87. The summed E-state index contributed by atoms with van der Waals surface area (Å²) in [7, 11) is 0. The molecule has 0 unspecified atom stereocenters. The Kier molecular flexibility index (Phi) is 10.5. The van der Waals surface area contributed by atoms with E-state index < -0.39 is 0 Å². The van der Waals surface area contributed by atoms with Crippen molar-refractivity contribution >= 4 is 11.9 Å². The highest BCUT2D eigenvalue weighted by Crippen LogP contribution is 2.32. The molecule has 0 heterocycles. The highest BCUT2D eigenvalue weighted by atomic mass is 16.5. The van der Waals surface area contributed by atoms with E-state index >= 15 is 0 Å². The summed E-state index contributed by atoms with van der Waals surface area (Å²) < 4.78 is 22.6. The minimum absolute atomic E-state index is 0.208. The zero-order valence-electron chi connectivity index (χ0n) is 21.2. The van der Waals surface area contributed by atoms with E-state index in [-0.39, 0.29) is 23.8 Å². The number of esters is 2. The third-order valence-corrected chi connectivity index (χ3v) is 6.33. The van der Waals surface area contributed by atoms with Crippen molar-refractivity contribution in [2.75, 3.05) is 13.2 Å². The molecule has 0 radical (unpaired) electrons. The molecule has 0 aliphatic heterocycles. The van der Waals surface area contributed by atoms with Gasteiger partial charge in [0.1, 0.15) is 23.0 Å². The van der Waals surface area contributed by atoms with Crippen LogP contribution >= 0.6 is 0 Å². The Bertz CT molecular complexity index is 944. The summed E-state index contributed by atoms with van der Waals surface area (Å²) >= 11 is 0. The summed E-state index contributed by atoms with van der Waals surface area (Å²) in [6.07, 6.45) is 6.62. The number of carbonyl (C=O) groups excluding carboxylic acids is 2. The lowest BCUT2D eigenvalue weighted by atomic mass is 9.82. The van der Waals surface area contributed by atoms with Crippen LogP contribution in [0, 0.1) is 18.8 Å². The second-order valence-electron chi connectivity index (χ2n) is 9.19. The second-order valence-corrected chi connectivity index (χ2v) is 9.19. The molecule has 0 bridgehead atoms. The molecule has 1 saturated carbocycles. The van der Waals surface area contributed by atoms with Gasteiger partial charge in [0.15, 0.2) is 0 Å². The summed E-state index contributed by atoms with van der Waals surface area (Å²) in [6, 6.07) is 12.7. The molecule has 0 atom stereocenters. The number of ether oxygens (including phenoxy) is 4. The van der Waals surface area contributed by atoms with Gasteiger partial charge < -0.3 is 18.9 Å². The van der Waals surface area contributed by atoms with E-state index in [9.17, 15) is 9.59 Å². The molecule has 2 aromatic rings. The van der Waals surface area contributed by atoms with E-state index in [4.69, 9.17) is 18.9 Å². The maximum atomic E-state index is 12.7. The first-order valence-corrected chi connectivity index (χ1v) is 12.9. The fourth-order valence-corrected chi connectivity index (χ4v) is 4.05. The molecular weight excluding hydrogens is 444 g/mol. The van der Waals surface area contributed by atoms with Gasteiger partial charge in [-0.1, -0.05) is 26.7 Å². The predicted molar refractivity (Wildman–Crippen MR) is 135 cm³/mol. The number of hydrogen-bond donors (Lipinski definition) is 0. The topological polar surface area (TPSA) is 71.1 Å². The molecule has 6 nitrogen and oxygen atoms in total. The minimum atomic E-state index is -0.244. The molecule has 2 aromatic carbocycles. The van der Waals surface area contributed by atoms with Crippen molar-refractivity contribution in [2.45, 2.75) is 72.1 Å². The Labute approximate surface area is 208 Å². The Morgan fingerprint density at radius 2 is 1.20 bits per heavy atom. The minimum Gasteiger partial charge on any atom is -0.494 e. The highest BCUT2D eigenvalue weighted by molar-refractivity contribution is 5.78. The second kappa shape index (κ2) is 13.8.